The number of fused-ring (bicyclic) bond motifs is 1. The molecule has 10 nitrogen and oxygen atoms in total. The van der Waals surface area contributed by atoms with Crippen molar-refractivity contribution in [3.05, 3.63) is 30.3 Å². The molecule has 2 aliphatic rings. The van der Waals surface area contributed by atoms with E-state index in [4.69, 9.17) is 0 Å². The Balaban J connectivity index is 1.58. The van der Waals surface area contributed by atoms with Crippen molar-refractivity contribution in [3.63, 3.8) is 0 Å². The number of anilines is 1. The smallest absolute Gasteiger partial charge is 0.315 e. The SMILES string of the molecule is COC(=O)CCNC(=O)NCC1=N[C@@H]2[C@@H](C=NN2c2ccccc2)C(=O)N1. The first-order valence-electron chi connectivity index (χ1n) is 8.43. The maximum atomic E-state index is 12.3. The van der Waals surface area contributed by atoms with Crippen LogP contribution in [-0.4, -0.2) is 56.3 Å². The van der Waals surface area contributed by atoms with Crippen LogP contribution in [0, 0.1) is 5.92 Å². The van der Waals surface area contributed by atoms with Crippen LogP contribution < -0.4 is 21.0 Å². The third-order valence-electron chi connectivity index (χ3n) is 4.06. The molecule has 0 fully saturated rings. The molecule has 0 saturated heterocycles. The quantitative estimate of drug-likeness (QED) is 0.598. The molecule has 3 N–H and O–H groups in total. The molecule has 1 aromatic rings. The third-order valence-corrected chi connectivity index (χ3v) is 4.06. The average molecular weight is 372 g/mol. The zero-order chi connectivity index (χ0) is 19.2. The first-order valence-corrected chi connectivity index (χ1v) is 8.43. The number of esters is 1. The lowest BCUT2D eigenvalue weighted by molar-refractivity contribution is -0.140. The van der Waals surface area contributed by atoms with Crippen LogP contribution in [-0.2, 0) is 14.3 Å². The summed E-state index contributed by atoms with van der Waals surface area (Å²) in [5.41, 5.74) is 0.826. The molecule has 0 bridgehead atoms. The third kappa shape index (κ3) is 4.40. The molecule has 3 amide bonds. The van der Waals surface area contributed by atoms with Gasteiger partial charge in [0, 0.05) is 12.8 Å². The molecule has 0 radical (unpaired) electrons. The number of para-hydroxylation sites is 1. The summed E-state index contributed by atoms with van der Waals surface area (Å²) in [7, 11) is 1.28. The van der Waals surface area contributed by atoms with Crippen molar-refractivity contribution in [2.24, 2.45) is 16.0 Å². The van der Waals surface area contributed by atoms with Crippen LogP contribution >= 0.6 is 0 Å². The van der Waals surface area contributed by atoms with Gasteiger partial charge in [-0.05, 0) is 12.1 Å². The van der Waals surface area contributed by atoms with Gasteiger partial charge >= 0.3 is 12.0 Å². The predicted octanol–water partition coefficient (Wildman–Crippen LogP) is -0.175. The number of nitrogens with zero attached hydrogens (tertiary/aromatic N) is 3. The van der Waals surface area contributed by atoms with E-state index in [0.29, 0.717) is 5.84 Å². The lowest BCUT2D eigenvalue weighted by atomic mass is 10.1. The molecule has 1 aromatic carbocycles. The van der Waals surface area contributed by atoms with Crippen LogP contribution in [0.2, 0.25) is 0 Å². The minimum Gasteiger partial charge on any atom is -0.469 e. The zero-order valence-corrected chi connectivity index (χ0v) is 14.7. The van der Waals surface area contributed by atoms with E-state index < -0.39 is 24.1 Å². The van der Waals surface area contributed by atoms with Gasteiger partial charge < -0.3 is 20.7 Å². The monoisotopic (exact) mass is 372 g/mol. The number of ether oxygens (including phenoxy) is 1. The van der Waals surface area contributed by atoms with E-state index in [9.17, 15) is 14.4 Å². The number of amides is 3. The largest absolute Gasteiger partial charge is 0.469 e. The lowest BCUT2D eigenvalue weighted by Crippen LogP contribution is -2.52. The van der Waals surface area contributed by atoms with E-state index in [-0.39, 0.29) is 25.4 Å². The summed E-state index contributed by atoms with van der Waals surface area (Å²) in [6.07, 6.45) is 1.16. The van der Waals surface area contributed by atoms with Crippen molar-refractivity contribution in [2.45, 2.75) is 12.6 Å². The van der Waals surface area contributed by atoms with Gasteiger partial charge in [-0.2, -0.15) is 5.10 Å². The van der Waals surface area contributed by atoms with Gasteiger partial charge in [-0.15, -0.1) is 0 Å². The molecule has 0 unspecified atom stereocenters. The Morgan fingerprint density at radius 3 is 2.78 bits per heavy atom. The van der Waals surface area contributed by atoms with Crippen molar-refractivity contribution >= 4 is 35.6 Å². The standard InChI is InChI=1S/C17H20N6O4/c1-27-14(24)7-8-18-17(26)19-10-13-21-15-12(16(25)22-13)9-20-23(15)11-5-3-2-4-6-11/h2-6,9,12,15H,7-8,10H2,1H3,(H2,18,19,26)(H,21,22,25)/t12-,15+/m1/s1. The fourth-order valence-electron chi connectivity index (χ4n) is 2.69. The molecule has 10 heteroatoms. The molecule has 0 saturated carbocycles. The molecule has 3 rings (SSSR count). The summed E-state index contributed by atoms with van der Waals surface area (Å²) in [4.78, 5) is 39.6. The molecular formula is C17H20N6O4. The number of benzene rings is 1. The molecular weight excluding hydrogens is 352 g/mol. The van der Waals surface area contributed by atoms with Crippen LogP contribution in [0.3, 0.4) is 0 Å². The Morgan fingerprint density at radius 2 is 2.04 bits per heavy atom. The lowest BCUT2D eigenvalue weighted by Gasteiger charge is -2.28. The van der Waals surface area contributed by atoms with Crippen LogP contribution in [0.1, 0.15) is 6.42 Å². The minimum absolute atomic E-state index is 0.0433. The number of hydrazone groups is 1. The van der Waals surface area contributed by atoms with Crippen molar-refractivity contribution in [2.75, 3.05) is 25.2 Å². The number of hydrogen-bond acceptors (Lipinski definition) is 7. The van der Waals surface area contributed by atoms with E-state index in [0.717, 1.165) is 5.69 Å². The summed E-state index contributed by atoms with van der Waals surface area (Å²) < 4.78 is 4.49. The average Bonchev–Trinajstić information content (AvgIpc) is 3.11. The van der Waals surface area contributed by atoms with Gasteiger partial charge in [-0.25, -0.2) is 14.8 Å². The van der Waals surface area contributed by atoms with E-state index in [1.807, 2.05) is 30.3 Å². The Labute approximate surface area is 155 Å². The van der Waals surface area contributed by atoms with Crippen LogP contribution in [0.15, 0.2) is 40.4 Å². The number of aliphatic imine (C=N–C) groups is 1. The summed E-state index contributed by atoms with van der Waals surface area (Å²) in [6.45, 7) is 0.194. The van der Waals surface area contributed by atoms with E-state index in [1.165, 1.54) is 7.11 Å². The topological polar surface area (TPSA) is 124 Å². The van der Waals surface area contributed by atoms with Crippen molar-refractivity contribution in [1.29, 1.82) is 0 Å². The van der Waals surface area contributed by atoms with Crippen molar-refractivity contribution in [3.8, 4) is 0 Å². The highest BCUT2D eigenvalue weighted by Gasteiger charge is 2.40. The Kier molecular flexibility index (Phi) is 5.64. The van der Waals surface area contributed by atoms with Gasteiger partial charge in [0.1, 0.15) is 11.8 Å². The number of amidine groups is 1. The Bertz CT molecular complexity index is 779. The highest BCUT2D eigenvalue weighted by molar-refractivity contribution is 6.09. The van der Waals surface area contributed by atoms with Gasteiger partial charge in [0.05, 0.1) is 25.8 Å². The highest BCUT2D eigenvalue weighted by Crippen LogP contribution is 2.27. The molecule has 2 aliphatic heterocycles. The van der Waals surface area contributed by atoms with Crippen LogP contribution in [0.25, 0.3) is 0 Å². The van der Waals surface area contributed by atoms with Gasteiger partial charge in [0.2, 0.25) is 5.91 Å². The number of hydrogen-bond donors (Lipinski definition) is 3. The Morgan fingerprint density at radius 1 is 1.26 bits per heavy atom. The second-order valence-electron chi connectivity index (χ2n) is 5.88. The first kappa shape index (κ1) is 18.4. The summed E-state index contributed by atoms with van der Waals surface area (Å²) in [5, 5.41) is 13.8. The number of methoxy groups -OCH3 is 1. The van der Waals surface area contributed by atoms with Crippen LogP contribution in [0.4, 0.5) is 10.5 Å². The number of nitrogens with one attached hydrogen (secondary N) is 3. The minimum atomic E-state index is -0.486. The molecule has 2 heterocycles. The molecule has 2 atom stereocenters. The summed E-state index contributed by atoms with van der Waals surface area (Å²) >= 11 is 0. The second-order valence-corrected chi connectivity index (χ2v) is 5.88. The normalized spacial score (nSPS) is 20.4. The first-order chi connectivity index (χ1) is 13.1. The molecule has 0 aromatic heterocycles. The number of rotatable bonds is 6. The molecule has 27 heavy (non-hydrogen) atoms. The van der Waals surface area contributed by atoms with E-state index in [2.05, 4.69) is 30.8 Å². The maximum absolute atomic E-state index is 12.3. The summed E-state index contributed by atoms with van der Waals surface area (Å²) in [5.74, 6) is -0.772. The predicted molar refractivity (Wildman–Crippen MR) is 98.3 cm³/mol. The van der Waals surface area contributed by atoms with Crippen molar-refractivity contribution < 1.29 is 19.1 Å². The van der Waals surface area contributed by atoms with E-state index in [1.54, 1.807) is 11.2 Å². The van der Waals surface area contributed by atoms with E-state index >= 15 is 0 Å². The number of carbonyl (C=O) groups excluding carboxylic acids is 3. The van der Waals surface area contributed by atoms with Crippen molar-refractivity contribution in [1.82, 2.24) is 16.0 Å². The summed E-state index contributed by atoms with van der Waals surface area (Å²) in [6, 6.07) is 8.95. The van der Waals surface area contributed by atoms with Gasteiger partial charge in [-0.3, -0.25) is 9.59 Å². The van der Waals surface area contributed by atoms with Crippen LogP contribution in [0.5, 0.6) is 0 Å². The van der Waals surface area contributed by atoms with Gasteiger partial charge in [0.15, 0.2) is 6.17 Å². The Hall–Kier alpha value is -3.43. The van der Waals surface area contributed by atoms with Gasteiger partial charge in [-0.1, -0.05) is 18.2 Å². The number of urea groups is 1. The number of carbonyl (C=O) groups is 3. The molecule has 0 spiro atoms. The maximum Gasteiger partial charge on any atom is 0.315 e. The zero-order valence-electron chi connectivity index (χ0n) is 14.7. The fourth-order valence-corrected chi connectivity index (χ4v) is 2.69. The molecule has 0 aliphatic carbocycles. The second kappa shape index (κ2) is 8.30. The fraction of sp³-hybridized carbons (Fsp3) is 0.353. The van der Waals surface area contributed by atoms with Gasteiger partial charge in [0.25, 0.3) is 0 Å². The molecule has 142 valence electrons. The highest BCUT2D eigenvalue weighted by atomic mass is 16.5.